The van der Waals surface area contributed by atoms with Crippen LogP contribution in [0.5, 0.6) is 0 Å². The van der Waals surface area contributed by atoms with E-state index in [4.69, 9.17) is 5.11 Å². The van der Waals surface area contributed by atoms with Gasteiger partial charge in [0.05, 0.1) is 6.10 Å². The van der Waals surface area contributed by atoms with Gasteiger partial charge in [0.1, 0.15) is 0 Å². The third-order valence-corrected chi connectivity index (χ3v) is 1.59. The molecule has 3 heteroatoms. The molecule has 0 aliphatic rings. The third kappa shape index (κ3) is 3.70. The topological polar surface area (TPSA) is 40.5 Å². The minimum absolute atomic E-state index is 0. The first-order valence-electron chi connectivity index (χ1n) is 3.68. The summed E-state index contributed by atoms with van der Waals surface area (Å²) in [7, 11) is 0. The minimum Gasteiger partial charge on any atom is -1.00 e. The fraction of sp³-hybridized carbons (Fsp3) is 0.333. The van der Waals surface area contributed by atoms with Gasteiger partial charge in [0, 0.05) is 13.0 Å². The maximum atomic E-state index is 9.36. The Morgan fingerprint density at radius 3 is 2.33 bits per heavy atom. The fourth-order valence-corrected chi connectivity index (χ4v) is 0.964. The molecule has 2 nitrogen and oxygen atoms in total. The van der Waals surface area contributed by atoms with Crippen LogP contribution in [0, 0.1) is 0 Å². The molecule has 0 amide bonds. The van der Waals surface area contributed by atoms with E-state index in [1.165, 1.54) is 0 Å². The number of aliphatic hydroxyl groups is 2. The number of aliphatic hydroxyl groups excluding tert-OH is 2. The van der Waals surface area contributed by atoms with Crippen molar-refractivity contribution in [2.45, 2.75) is 12.5 Å². The number of hydrogen-bond acceptors (Lipinski definition) is 2. The number of benzene rings is 1. The van der Waals surface area contributed by atoms with E-state index in [2.05, 4.69) is 0 Å². The number of rotatable bonds is 3. The second-order valence-electron chi connectivity index (χ2n) is 2.44. The molecule has 1 rings (SSSR count). The summed E-state index contributed by atoms with van der Waals surface area (Å²) in [4.78, 5) is 0. The Labute approximate surface area is 96.0 Å². The van der Waals surface area contributed by atoms with E-state index in [0.29, 0.717) is 6.42 Å². The third-order valence-electron chi connectivity index (χ3n) is 1.59. The average molecular weight is 176 g/mol. The summed E-state index contributed by atoms with van der Waals surface area (Å²) in [6.07, 6.45) is -0.120. The van der Waals surface area contributed by atoms with Gasteiger partial charge in [-0.3, -0.25) is 0 Å². The van der Waals surface area contributed by atoms with Crippen LogP contribution in [-0.4, -0.2) is 16.8 Å². The van der Waals surface area contributed by atoms with E-state index in [-0.39, 0.29) is 37.6 Å². The first-order chi connectivity index (χ1) is 5.34. The first-order valence-corrected chi connectivity index (χ1v) is 3.68. The summed E-state index contributed by atoms with van der Waals surface area (Å²) in [6, 6.07) is 9.33. The first kappa shape index (κ1) is 12.1. The van der Waals surface area contributed by atoms with Crippen LogP contribution in [0.25, 0.3) is 0 Å². The van der Waals surface area contributed by atoms with Gasteiger partial charge in [-0.1, -0.05) is 30.3 Å². The van der Waals surface area contributed by atoms with Gasteiger partial charge in [-0.05, 0) is 5.56 Å². The molecule has 0 saturated carbocycles. The van der Waals surface area contributed by atoms with Gasteiger partial charge in [0.15, 0.2) is 0 Å². The van der Waals surface area contributed by atoms with Crippen LogP contribution in [0.2, 0.25) is 0 Å². The summed E-state index contributed by atoms with van der Waals surface area (Å²) in [5.41, 5.74) is 0.863. The maximum Gasteiger partial charge on any atom is 1.00 e. The molecule has 62 valence electrons. The largest absolute Gasteiger partial charge is 1.00 e. The van der Waals surface area contributed by atoms with Crippen molar-refractivity contribution < 1.29 is 41.2 Å². The molecule has 1 aromatic rings. The maximum absolute atomic E-state index is 9.36. The quantitative estimate of drug-likeness (QED) is 0.534. The van der Waals surface area contributed by atoms with E-state index < -0.39 is 6.10 Å². The second kappa shape index (κ2) is 6.63. The van der Waals surface area contributed by atoms with Crippen molar-refractivity contribution in [3.63, 3.8) is 0 Å². The molecular weight excluding hydrogens is 163 g/mol. The summed E-state index contributed by atoms with van der Waals surface area (Å²) in [5.74, 6) is 0. The number of hydrogen-bond donors (Lipinski definition) is 2. The van der Waals surface area contributed by atoms with Gasteiger partial charge in [0.25, 0.3) is 0 Å². The van der Waals surface area contributed by atoms with E-state index >= 15 is 0 Å². The molecule has 2 N–H and O–H groups in total. The van der Waals surface area contributed by atoms with Crippen LogP contribution < -0.4 is 29.6 Å². The average Bonchev–Trinajstić information content (AvgIpc) is 2.07. The van der Waals surface area contributed by atoms with E-state index in [0.717, 1.165) is 5.56 Å². The SMILES string of the molecule is OCCC(O)c1ccccc1.[H-].[Na+]. The molecule has 0 fully saturated rings. The van der Waals surface area contributed by atoms with Crippen LogP contribution in [0.1, 0.15) is 19.5 Å². The van der Waals surface area contributed by atoms with Crippen molar-refractivity contribution in [3.05, 3.63) is 35.9 Å². The van der Waals surface area contributed by atoms with Crippen LogP contribution in [0.15, 0.2) is 30.3 Å². The zero-order valence-corrected chi connectivity index (χ0v) is 9.27. The van der Waals surface area contributed by atoms with E-state index in [1.807, 2.05) is 30.3 Å². The molecule has 0 heterocycles. The Kier molecular flexibility index (Phi) is 6.71. The minimum atomic E-state index is -0.527. The molecule has 1 atom stereocenters. The molecular formula is C9H13NaO2. The predicted molar refractivity (Wildman–Crippen MR) is 44.2 cm³/mol. The summed E-state index contributed by atoms with van der Waals surface area (Å²) in [5, 5.41) is 17.9. The van der Waals surface area contributed by atoms with Crippen molar-refractivity contribution in [1.29, 1.82) is 0 Å². The summed E-state index contributed by atoms with van der Waals surface area (Å²) >= 11 is 0. The molecule has 0 saturated heterocycles. The zero-order chi connectivity index (χ0) is 8.10. The molecule has 0 radical (unpaired) electrons. The van der Waals surface area contributed by atoms with Crippen molar-refractivity contribution in [1.82, 2.24) is 0 Å². The zero-order valence-electron chi connectivity index (χ0n) is 8.27. The van der Waals surface area contributed by atoms with Gasteiger partial charge >= 0.3 is 29.6 Å². The van der Waals surface area contributed by atoms with Crippen molar-refractivity contribution in [3.8, 4) is 0 Å². The molecule has 0 aromatic heterocycles. The van der Waals surface area contributed by atoms with E-state index in [9.17, 15) is 5.11 Å². The summed E-state index contributed by atoms with van der Waals surface area (Å²) < 4.78 is 0. The van der Waals surface area contributed by atoms with Gasteiger partial charge in [-0.2, -0.15) is 0 Å². The van der Waals surface area contributed by atoms with Crippen molar-refractivity contribution in [2.75, 3.05) is 6.61 Å². The van der Waals surface area contributed by atoms with Crippen LogP contribution >= 0.6 is 0 Å². The molecule has 0 aliphatic carbocycles. The van der Waals surface area contributed by atoms with Crippen LogP contribution in [-0.2, 0) is 0 Å². The van der Waals surface area contributed by atoms with Crippen molar-refractivity contribution >= 4 is 0 Å². The predicted octanol–water partition coefficient (Wildman–Crippen LogP) is -1.78. The standard InChI is InChI=1S/C9H12O2.Na.H/c10-7-6-9(11)8-4-2-1-3-5-8;;/h1-5,9-11H,6-7H2;;/q;+1;-1. The van der Waals surface area contributed by atoms with Crippen molar-refractivity contribution in [2.24, 2.45) is 0 Å². The Hall–Kier alpha value is 0.140. The second-order valence-corrected chi connectivity index (χ2v) is 2.44. The summed E-state index contributed by atoms with van der Waals surface area (Å²) in [6.45, 7) is 0.0239. The smallest absolute Gasteiger partial charge is 1.00 e. The Morgan fingerprint density at radius 1 is 1.25 bits per heavy atom. The van der Waals surface area contributed by atoms with E-state index in [1.54, 1.807) is 0 Å². The van der Waals surface area contributed by atoms with Crippen LogP contribution in [0.3, 0.4) is 0 Å². The Balaban J connectivity index is 0. The molecule has 0 aliphatic heterocycles. The van der Waals surface area contributed by atoms with Gasteiger partial charge < -0.3 is 11.6 Å². The monoisotopic (exact) mass is 176 g/mol. The Morgan fingerprint density at radius 2 is 1.83 bits per heavy atom. The van der Waals surface area contributed by atoms with Crippen LogP contribution in [0.4, 0.5) is 0 Å². The molecule has 1 aromatic carbocycles. The molecule has 12 heavy (non-hydrogen) atoms. The van der Waals surface area contributed by atoms with Gasteiger partial charge in [-0.15, -0.1) is 0 Å². The molecule has 1 unspecified atom stereocenters. The molecule has 0 spiro atoms. The van der Waals surface area contributed by atoms with Gasteiger partial charge in [-0.25, -0.2) is 0 Å². The Bertz CT molecular complexity index is 206. The fourth-order valence-electron chi connectivity index (χ4n) is 0.964. The molecule has 0 bridgehead atoms. The van der Waals surface area contributed by atoms with Gasteiger partial charge in [0.2, 0.25) is 0 Å². The normalized spacial score (nSPS) is 11.8.